The largest absolute Gasteiger partial charge is 0.490 e. The van der Waals surface area contributed by atoms with Crippen LogP contribution in [0.5, 0.6) is 11.5 Å². The summed E-state index contributed by atoms with van der Waals surface area (Å²) in [4.78, 5) is 0. The third-order valence-corrected chi connectivity index (χ3v) is 4.07. The zero-order valence-corrected chi connectivity index (χ0v) is 15.0. The molecule has 1 atom stereocenters. The van der Waals surface area contributed by atoms with Gasteiger partial charge in [-0.1, -0.05) is 60.7 Å². The van der Waals surface area contributed by atoms with Crippen LogP contribution >= 0.6 is 0 Å². The van der Waals surface area contributed by atoms with Crippen molar-refractivity contribution in [1.29, 1.82) is 0 Å². The Bertz CT molecular complexity index is 800. The quantitative estimate of drug-likeness (QED) is 0.637. The number of hydrogen-bond donors (Lipinski definition) is 1. The predicted molar refractivity (Wildman–Crippen MR) is 103 cm³/mol. The van der Waals surface area contributed by atoms with E-state index in [0.29, 0.717) is 18.1 Å². The lowest BCUT2D eigenvalue weighted by Gasteiger charge is -2.17. The van der Waals surface area contributed by atoms with Gasteiger partial charge in [-0.3, -0.25) is 0 Å². The Morgan fingerprint density at radius 1 is 0.769 bits per heavy atom. The molecule has 0 aliphatic rings. The second kappa shape index (κ2) is 9.07. The number of ether oxygens (including phenoxy) is 2. The first-order chi connectivity index (χ1) is 12.7. The van der Waals surface area contributed by atoms with Crippen molar-refractivity contribution in [2.45, 2.75) is 32.7 Å². The monoisotopic (exact) mass is 348 g/mol. The molecule has 0 fully saturated rings. The lowest BCUT2D eigenvalue weighted by molar-refractivity contribution is 0.218. The highest BCUT2D eigenvalue weighted by Crippen LogP contribution is 2.25. The van der Waals surface area contributed by atoms with Crippen LogP contribution in [0.3, 0.4) is 0 Å². The van der Waals surface area contributed by atoms with Crippen molar-refractivity contribution in [3.8, 4) is 11.5 Å². The molecule has 0 saturated heterocycles. The highest BCUT2D eigenvalue weighted by atomic mass is 16.5. The van der Waals surface area contributed by atoms with Crippen LogP contribution < -0.4 is 9.47 Å². The maximum Gasteiger partial charge on any atom is 0.123 e. The summed E-state index contributed by atoms with van der Waals surface area (Å²) in [6, 6.07) is 25.9. The third-order valence-electron chi connectivity index (χ3n) is 4.07. The maximum atomic E-state index is 9.53. The Morgan fingerprint density at radius 2 is 1.38 bits per heavy atom. The van der Waals surface area contributed by atoms with Crippen molar-refractivity contribution >= 4 is 0 Å². The van der Waals surface area contributed by atoms with Crippen molar-refractivity contribution in [2.75, 3.05) is 0 Å². The SMILES string of the molecule is CC(Cc1ccccc1)Oc1cc(CO)cc(OCc2ccccc2)c1. The molecule has 0 spiro atoms. The van der Waals surface area contributed by atoms with Crippen LogP contribution in [0.15, 0.2) is 78.9 Å². The molecule has 0 bridgehead atoms. The molecule has 26 heavy (non-hydrogen) atoms. The van der Waals surface area contributed by atoms with Crippen molar-refractivity contribution in [2.24, 2.45) is 0 Å². The van der Waals surface area contributed by atoms with Crippen LogP contribution in [0.25, 0.3) is 0 Å². The van der Waals surface area contributed by atoms with E-state index in [1.165, 1.54) is 5.56 Å². The minimum atomic E-state index is -0.0496. The number of rotatable bonds is 8. The van der Waals surface area contributed by atoms with Crippen LogP contribution in [0.4, 0.5) is 0 Å². The molecule has 0 saturated carbocycles. The van der Waals surface area contributed by atoms with E-state index < -0.39 is 0 Å². The Morgan fingerprint density at radius 3 is 2.04 bits per heavy atom. The van der Waals surface area contributed by atoms with Crippen LogP contribution in [0.1, 0.15) is 23.6 Å². The summed E-state index contributed by atoms with van der Waals surface area (Å²) in [5.41, 5.74) is 3.11. The van der Waals surface area contributed by atoms with Crippen molar-refractivity contribution < 1.29 is 14.6 Å². The third kappa shape index (κ3) is 5.36. The van der Waals surface area contributed by atoms with Gasteiger partial charge in [0.25, 0.3) is 0 Å². The number of aliphatic hydroxyl groups is 1. The second-order valence-corrected chi connectivity index (χ2v) is 6.36. The van der Waals surface area contributed by atoms with Crippen LogP contribution in [-0.4, -0.2) is 11.2 Å². The van der Waals surface area contributed by atoms with Crippen LogP contribution in [0, 0.1) is 0 Å². The Labute approximate surface area is 154 Å². The number of hydrogen-bond acceptors (Lipinski definition) is 3. The average molecular weight is 348 g/mol. The average Bonchev–Trinajstić information content (AvgIpc) is 2.67. The molecule has 1 N–H and O–H groups in total. The maximum absolute atomic E-state index is 9.53. The molecule has 1 unspecified atom stereocenters. The molecule has 134 valence electrons. The lowest BCUT2D eigenvalue weighted by Crippen LogP contribution is -2.15. The van der Waals surface area contributed by atoms with Crippen molar-refractivity contribution in [3.63, 3.8) is 0 Å². The molecule has 3 aromatic rings. The fourth-order valence-corrected chi connectivity index (χ4v) is 2.83. The van der Waals surface area contributed by atoms with Crippen LogP contribution in [0.2, 0.25) is 0 Å². The van der Waals surface area contributed by atoms with Gasteiger partial charge in [-0.2, -0.15) is 0 Å². The smallest absolute Gasteiger partial charge is 0.123 e. The number of aliphatic hydroxyl groups excluding tert-OH is 1. The van der Waals surface area contributed by atoms with Gasteiger partial charge in [0.15, 0.2) is 0 Å². The summed E-state index contributed by atoms with van der Waals surface area (Å²) in [6.45, 7) is 2.48. The fourth-order valence-electron chi connectivity index (χ4n) is 2.83. The van der Waals surface area contributed by atoms with E-state index in [1.807, 2.05) is 73.7 Å². The first-order valence-electron chi connectivity index (χ1n) is 8.85. The van der Waals surface area contributed by atoms with Gasteiger partial charge in [-0.15, -0.1) is 0 Å². The standard InChI is InChI=1S/C23H24O3/c1-18(12-19-8-4-2-5-9-19)26-23-14-21(16-24)13-22(15-23)25-17-20-10-6-3-7-11-20/h2-11,13-15,18,24H,12,16-17H2,1H3. The van der Waals surface area contributed by atoms with E-state index in [0.717, 1.165) is 17.5 Å². The lowest BCUT2D eigenvalue weighted by atomic mass is 10.1. The highest BCUT2D eigenvalue weighted by molar-refractivity contribution is 5.38. The summed E-state index contributed by atoms with van der Waals surface area (Å²) >= 11 is 0. The van der Waals surface area contributed by atoms with Gasteiger partial charge in [0.1, 0.15) is 18.1 Å². The van der Waals surface area contributed by atoms with E-state index in [1.54, 1.807) is 0 Å². The predicted octanol–water partition coefficient (Wildman–Crippen LogP) is 4.77. The van der Waals surface area contributed by atoms with E-state index in [9.17, 15) is 5.11 Å². The fraction of sp³-hybridized carbons (Fsp3) is 0.217. The summed E-state index contributed by atoms with van der Waals surface area (Å²) in [5, 5.41) is 9.53. The summed E-state index contributed by atoms with van der Waals surface area (Å²) < 4.78 is 11.9. The van der Waals surface area contributed by atoms with Crippen molar-refractivity contribution in [1.82, 2.24) is 0 Å². The molecule has 3 heteroatoms. The second-order valence-electron chi connectivity index (χ2n) is 6.36. The van der Waals surface area contributed by atoms with Gasteiger partial charge >= 0.3 is 0 Å². The summed E-state index contributed by atoms with van der Waals surface area (Å²) in [7, 11) is 0. The molecule has 3 rings (SSSR count). The molecular formula is C23H24O3. The van der Waals surface area contributed by atoms with Gasteiger partial charge in [-0.25, -0.2) is 0 Å². The molecule has 0 heterocycles. The highest BCUT2D eigenvalue weighted by Gasteiger charge is 2.09. The van der Waals surface area contributed by atoms with Crippen LogP contribution in [-0.2, 0) is 19.6 Å². The summed E-state index contributed by atoms with van der Waals surface area (Å²) in [6.07, 6.45) is 0.845. The first kappa shape index (κ1) is 18.0. The first-order valence-corrected chi connectivity index (χ1v) is 8.85. The van der Waals surface area contributed by atoms with Gasteiger partial charge in [0.2, 0.25) is 0 Å². The van der Waals surface area contributed by atoms with Gasteiger partial charge < -0.3 is 14.6 Å². The molecule has 3 aromatic carbocycles. The molecule has 0 aromatic heterocycles. The molecule has 3 nitrogen and oxygen atoms in total. The molecule has 0 aliphatic carbocycles. The zero-order chi connectivity index (χ0) is 18.2. The van der Waals surface area contributed by atoms with Gasteiger partial charge in [0.05, 0.1) is 12.7 Å². The minimum Gasteiger partial charge on any atom is -0.490 e. The molecule has 0 amide bonds. The van der Waals surface area contributed by atoms with E-state index in [2.05, 4.69) is 12.1 Å². The van der Waals surface area contributed by atoms with Crippen molar-refractivity contribution in [3.05, 3.63) is 95.6 Å². The Balaban J connectivity index is 1.66. The Hall–Kier alpha value is -2.78. The van der Waals surface area contributed by atoms with E-state index in [-0.39, 0.29) is 12.7 Å². The zero-order valence-electron chi connectivity index (χ0n) is 15.0. The van der Waals surface area contributed by atoms with E-state index in [4.69, 9.17) is 9.47 Å². The molecule has 0 radical (unpaired) electrons. The normalized spacial score (nSPS) is 11.8. The van der Waals surface area contributed by atoms with Gasteiger partial charge in [0, 0.05) is 12.5 Å². The van der Waals surface area contributed by atoms with Gasteiger partial charge in [-0.05, 0) is 35.7 Å². The summed E-state index contributed by atoms with van der Waals surface area (Å²) in [5.74, 6) is 1.41. The minimum absolute atomic E-state index is 0.0216. The topological polar surface area (TPSA) is 38.7 Å². The number of benzene rings is 3. The molecular weight excluding hydrogens is 324 g/mol. The van der Waals surface area contributed by atoms with E-state index >= 15 is 0 Å². The molecule has 0 aliphatic heterocycles. The Kier molecular flexibility index (Phi) is 6.29.